The van der Waals surface area contributed by atoms with E-state index in [2.05, 4.69) is 44.2 Å². The van der Waals surface area contributed by atoms with E-state index >= 15 is 0 Å². The van der Waals surface area contributed by atoms with E-state index in [0.717, 1.165) is 23.4 Å². The van der Waals surface area contributed by atoms with Gasteiger partial charge < -0.3 is 5.11 Å². The van der Waals surface area contributed by atoms with Crippen LogP contribution in [0.25, 0.3) is 0 Å². The summed E-state index contributed by atoms with van der Waals surface area (Å²) in [5.41, 5.74) is 0.899. The number of aliphatic hydroxyl groups is 1. The summed E-state index contributed by atoms with van der Waals surface area (Å²) in [5.74, 6) is 0.546. The SMILES string of the molecule is CCCC(C)CC(O)c1snnc1C(C)(C)C. The fraction of sp³-hybridized carbons (Fsp3) is 0.846. The van der Waals surface area contributed by atoms with Crippen molar-refractivity contribution >= 4 is 11.5 Å². The average Bonchev–Trinajstić information content (AvgIpc) is 2.65. The number of aliphatic hydroxyl groups excluding tert-OH is 1. The van der Waals surface area contributed by atoms with Crippen LogP contribution in [0.1, 0.15) is 70.6 Å². The lowest BCUT2D eigenvalue weighted by atomic mass is 9.88. The van der Waals surface area contributed by atoms with Crippen molar-refractivity contribution in [2.24, 2.45) is 5.92 Å². The number of rotatable bonds is 5. The van der Waals surface area contributed by atoms with Gasteiger partial charge in [0.1, 0.15) is 0 Å². The van der Waals surface area contributed by atoms with Gasteiger partial charge in [0.05, 0.1) is 16.7 Å². The Morgan fingerprint density at radius 1 is 1.35 bits per heavy atom. The van der Waals surface area contributed by atoms with Gasteiger partial charge in [0.2, 0.25) is 0 Å². The minimum atomic E-state index is -0.411. The standard InChI is InChI=1S/C13H24N2OS/c1-6-7-9(2)8-10(16)11-12(13(3,4)5)14-15-17-11/h9-10,16H,6-8H2,1-5H3. The predicted molar refractivity (Wildman–Crippen MR) is 72.3 cm³/mol. The maximum atomic E-state index is 10.3. The van der Waals surface area contributed by atoms with Crippen LogP contribution in [0.4, 0.5) is 0 Å². The van der Waals surface area contributed by atoms with Crippen molar-refractivity contribution in [3.8, 4) is 0 Å². The molecule has 4 heteroatoms. The molecule has 0 radical (unpaired) electrons. The van der Waals surface area contributed by atoms with Gasteiger partial charge in [-0.25, -0.2) is 0 Å². The quantitative estimate of drug-likeness (QED) is 0.874. The number of aromatic nitrogens is 2. The van der Waals surface area contributed by atoms with Gasteiger partial charge in [-0.15, -0.1) is 5.10 Å². The molecule has 98 valence electrons. The summed E-state index contributed by atoms with van der Waals surface area (Å²) in [6, 6.07) is 0. The number of nitrogens with zero attached hydrogens (tertiary/aromatic N) is 2. The van der Waals surface area contributed by atoms with Gasteiger partial charge in [0.25, 0.3) is 0 Å². The molecule has 0 saturated carbocycles. The Labute approximate surface area is 108 Å². The van der Waals surface area contributed by atoms with Crippen molar-refractivity contribution < 1.29 is 5.11 Å². The van der Waals surface area contributed by atoms with Gasteiger partial charge in [-0.05, 0) is 23.9 Å². The molecule has 1 rings (SSSR count). The molecule has 0 bridgehead atoms. The van der Waals surface area contributed by atoms with Crippen molar-refractivity contribution in [3.63, 3.8) is 0 Å². The maximum absolute atomic E-state index is 10.3. The topological polar surface area (TPSA) is 46.0 Å². The van der Waals surface area contributed by atoms with E-state index in [0.29, 0.717) is 5.92 Å². The number of hydrogen-bond donors (Lipinski definition) is 1. The molecule has 1 aromatic rings. The first kappa shape index (κ1) is 14.6. The fourth-order valence-corrected chi connectivity index (χ4v) is 2.90. The van der Waals surface area contributed by atoms with Crippen LogP contribution in [0.2, 0.25) is 0 Å². The second-order valence-corrected chi connectivity index (χ2v) is 6.67. The monoisotopic (exact) mass is 256 g/mol. The molecule has 2 unspecified atom stereocenters. The third-order valence-electron chi connectivity index (χ3n) is 2.93. The highest BCUT2D eigenvalue weighted by Gasteiger charge is 2.26. The lowest BCUT2D eigenvalue weighted by Crippen LogP contribution is -2.16. The summed E-state index contributed by atoms with van der Waals surface area (Å²) >= 11 is 1.33. The van der Waals surface area contributed by atoms with Gasteiger partial charge in [-0.1, -0.05) is 51.9 Å². The van der Waals surface area contributed by atoms with Crippen molar-refractivity contribution in [1.29, 1.82) is 0 Å². The Bertz CT molecular complexity index is 343. The first-order valence-electron chi connectivity index (χ1n) is 6.37. The summed E-state index contributed by atoms with van der Waals surface area (Å²) in [6.45, 7) is 10.7. The summed E-state index contributed by atoms with van der Waals surface area (Å²) in [6.07, 6.45) is 2.72. The second kappa shape index (κ2) is 5.91. The van der Waals surface area contributed by atoms with Gasteiger partial charge in [0, 0.05) is 5.41 Å². The van der Waals surface area contributed by atoms with Gasteiger partial charge >= 0.3 is 0 Å². The Morgan fingerprint density at radius 3 is 2.53 bits per heavy atom. The zero-order valence-corrected chi connectivity index (χ0v) is 12.3. The largest absolute Gasteiger partial charge is 0.387 e. The maximum Gasteiger partial charge on any atom is 0.0919 e. The van der Waals surface area contributed by atoms with Crippen LogP contribution in [0.3, 0.4) is 0 Å². The highest BCUT2D eigenvalue weighted by Crippen LogP contribution is 2.33. The minimum absolute atomic E-state index is 0.0443. The Morgan fingerprint density at radius 2 is 2.00 bits per heavy atom. The molecule has 3 nitrogen and oxygen atoms in total. The first-order valence-corrected chi connectivity index (χ1v) is 7.14. The van der Waals surface area contributed by atoms with Gasteiger partial charge in [0.15, 0.2) is 0 Å². The normalized spacial score (nSPS) is 15.9. The molecule has 0 fully saturated rings. The molecule has 0 aliphatic rings. The Hall–Kier alpha value is -0.480. The number of hydrogen-bond acceptors (Lipinski definition) is 4. The van der Waals surface area contributed by atoms with Crippen molar-refractivity contribution in [2.45, 2.75) is 65.4 Å². The summed E-state index contributed by atoms with van der Waals surface area (Å²) in [7, 11) is 0. The van der Waals surface area contributed by atoms with Crippen LogP contribution in [0.5, 0.6) is 0 Å². The molecule has 1 heterocycles. The van der Waals surface area contributed by atoms with Crippen LogP contribution in [-0.4, -0.2) is 14.7 Å². The van der Waals surface area contributed by atoms with Crippen molar-refractivity contribution in [2.75, 3.05) is 0 Å². The van der Waals surface area contributed by atoms with E-state index in [1.807, 2.05) is 0 Å². The van der Waals surface area contributed by atoms with E-state index in [-0.39, 0.29) is 5.41 Å². The zero-order chi connectivity index (χ0) is 13.1. The van der Waals surface area contributed by atoms with Crippen molar-refractivity contribution in [1.82, 2.24) is 9.59 Å². The molecular formula is C13H24N2OS. The molecule has 0 saturated heterocycles. The van der Waals surface area contributed by atoms with Gasteiger partial charge in [-0.2, -0.15) is 0 Å². The van der Waals surface area contributed by atoms with Crippen LogP contribution in [0.15, 0.2) is 0 Å². The molecule has 1 aromatic heterocycles. The van der Waals surface area contributed by atoms with E-state index in [9.17, 15) is 5.11 Å². The summed E-state index contributed by atoms with van der Waals surface area (Å²) in [4.78, 5) is 0.945. The smallest absolute Gasteiger partial charge is 0.0919 e. The van der Waals surface area contributed by atoms with Crippen molar-refractivity contribution in [3.05, 3.63) is 10.6 Å². The highest BCUT2D eigenvalue weighted by molar-refractivity contribution is 7.05. The van der Waals surface area contributed by atoms with E-state index < -0.39 is 6.10 Å². The zero-order valence-electron chi connectivity index (χ0n) is 11.5. The highest BCUT2D eigenvalue weighted by atomic mass is 32.1. The molecule has 0 aromatic carbocycles. The molecule has 0 amide bonds. The van der Waals surface area contributed by atoms with Crippen LogP contribution < -0.4 is 0 Å². The Balaban J connectivity index is 2.76. The van der Waals surface area contributed by atoms with Crippen LogP contribution in [-0.2, 0) is 5.41 Å². The van der Waals surface area contributed by atoms with E-state index in [1.54, 1.807) is 0 Å². The molecule has 0 aliphatic carbocycles. The van der Waals surface area contributed by atoms with Gasteiger partial charge in [-0.3, -0.25) is 0 Å². The Kier molecular flexibility index (Phi) is 5.07. The third-order valence-corrected chi connectivity index (χ3v) is 3.76. The molecule has 2 atom stereocenters. The van der Waals surface area contributed by atoms with E-state index in [4.69, 9.17) is 0 Å². The van der Waals surface area contributed by atoms with Crippen LogP contribution >= 0.6 is 11.5 Å². The summed E-state index contributed by atoms with van der Waals surface area (Å²) in [5, 5.41) is 14.5. The first-order chi connectivity index (χ1) is 7.86. The lowest BCUT2D eigenvalue weighted by molar-refractivity contribution is 0.146. The third kappa shape index (κ3) is 4.03. The lowest BCUT2D eigenvalue weighted by Gasteiger charge is -2.20. The molecule has 1 N–H and O–H groups in total. The average molecular weight is 256 g/mol. The van der Waals surface area contributed by atoms with Crippen LogP contribution in [0, 0.1) is 5.92 Å². The predicted octanol–water partition coefficient (Wildman–Crippen LogP) is 3.70. The minimum Gasteiger partial charge on any atom is -0.387 e. The fourth-order valence-electron chi connectivity index (χ4n) is 2.03. The van der Waals surface area contributed by atoms with E-state index in [1.165, 1.54) is 18.0 Å². The molecule has 0 spiro atoms. The molecule has 0 aliphatic heterocycles. The summed E-state index contributed by atoms with van der Waals surface area (Å²) < 4.78 is 3.99. The second-order valence-electron chi connectivity index (χ2n) is 5.88. The molecular weight excluding hydrogens is 232 g/mol. The molecule has 17 heavy (non-hydrogen) atoms.